The van der Waals surface area contributed by atoms with Crippen LogP contribution in [-0.2, 0) is 11.3 Å². The van der Waals surface area contributed by atoms with Crippen molar-refractivity contribution < 1.29 is 4.74 Å². The number of nitrogens with zero attached hydrogens (tertiary/aromatic N) is 1. The summed E-state index contributed by atoms with van der Waals surface area (Å²) in [4.78, 5) is 2.42. The van der Waals surface area contributed by atoms with Gasteiger partial charge in [-0.15, -0.1) is 0 Å². The molecule has 2 rings (SSSR count). The Labute approximate surface area is 122 Å². The summed E-state index contributed by atoms with van der Waals surface area (Å²) in [5.74, 6) is 0. The number of nitrogens with one attached hydrogen (secondary N) is 1. The van der Waals surface area contributed by atoms with E-state index in [0.29, 0.717) is 0 Å². The van der Waals surface area contributed by atoms with Gasteiger partial charge in [-0.3, -0.25) is 4.90 Å². The molecule has 1 fully saturated rings. The summed E-state index contributed by atoms with van der Waals surface area (Å²) in [7, 11) is 0. The van der Waals surface area contributed by atoms with E-state index in [4.69, 9.17) is 16.3 Å². The summed E-state index contributed by atoms with van der Waals surface area (Å²) in [5, 5.41) is 4.21. The highest BCUT2D eigenvalue weighted by molar-refractivity contribution is 9.10. The number of hydrogen-bond acceptors (Lipinski definition) is 3. The second-order valence-corrected chi connectivity index (χ2v) is 5.64. The van der Waals surface area contributed by atoms with Crippen LogP contribution < -0.4 is 5.32 Å². The second kappa shape index (κ2) is 7.46. The molecule has 1 N–H and O–H groups in total. The Morgan fingerprint density at radius 2 is 2.11 bits per heavy atom. The molecule has 18 heavy (non-hydrogen) atoms. The largest absolute Gasteiger partial charge is 0.379 e. The first-order chi connectivity index (χ1) is 8.75. The third-order valence-corrected chi connectivity index (χ3v) is 4.24. The Kier molecular flexibility index (Phi) is 5.92. The van der Waals surface area contributed by atoms with Gasteiger partial charge in [-0.05, 0) is 33.6 Å². The molecule has 3 nitrogen and oxygen atoms in total. The quantitative estimate of drug-likeness (QED) is 0.838. The van der Waals surface area contributed by atoms with Crippen LogP contribution in [0.25, 0.3) is 0 Å². The van der Waals surface area contributed by atoms with Gasteiger partial charge in [0.1, 0.15) is 0 Å². The monoisotopic (exact) mass is 332 g/mol. The molecule has 100 valence electrons. The van der Waals surface area contributed by atoms with E-state index in [1.54, 1.807) is 0 Å². The van der Waals surface area contributed by atoms with Crippen LogP contribution >= 0.6 is 27.5 Å². The van der Waals surface area contributed by atoms with Crippen molar-refractivity contribution in [3.63, 3.8) is 0 Å². The molecule has 1 saturated heterocycles. The zero-order valence-corrected chi connectivity index (χ0v) is 12.6. The Balaban J connectivity index is 1.66. The van der Waals surface area contributed by atoms with E-state index >= 15 is 0 Å². The van der Waals surface area contributed by atoms with Gasteiger partial charge in [-0.1, -0.05) is 17.7 Å². The van der Waals surface area contributed by atoms with Crippen LogP contribution in [0.1, 0.15) is 5.56 Å². The van der Waals surface area contributed by atoms with E-state index in [0.717, 1.165) is 55.4 Å². The number of benzene rings is 1. The Morgan fingerprint density at radius 1 is 1.33 bits per heavy atom. The van der Waals surface area contributed by atoms with Crippen LogP contribution in [0, 0.1) is 0 Å². The van der Waals surface area contributed by atoms with Gasteiger partial charge >= 0.3 is 0 Å². The zero-order valence-electron chi connectivity index (χ0n) is 10.3. The van der Waals surface area contributed by atoms with E-state index in [1.165, 1.54) is 5.56 Å². The Hall–Kier alpha value is -0.130. The molecule has 0 spiro atoms. The third-order valence-electron chi connectivity index (χ3n) is 3.02. The minimum atomic E-state index is 0.757. The van der Waals surface area contributed by atoms with E-state index in [1.807, 2.05) is 6.07 Å². The number of ether oxygens (including phenoxy) is 1. The number of halogens is 2. The van der Waals surface area contributed by atoms with Crippen molar-refractivity contribution in [2.24, 2.45) is 0 Å². The SMILES string of the molecule is Clc1ccc(CNCCN2CCOCC2)cc1Br. The summed E-state index contributed by atoms with van der Waals surface area (Å²) < 4.78 is 6.28. The highest BCUT2D eigenvalue weighted by Crippen LogP contribution is 2.22. The molecule has 0 unspecified atom stereocenters. The van der Waals surface area contributed by atoms with Crippen LogP contribution in [0.4, 0.5) is 0 Å². The highest BCUT2D eigenvalue weighted by Gasteiger charge is 2.08. The predicted octanol–water partition coefficient (Wildman–Crippen LogP) is 2.52. The molecule has 0 atom stereocenters. The minimum absolute atomic E-state index is 0.757. The fraction of sp³-hybridized carbons (Fsp3) is 0.538. The first kappa shape index (κ1) is 14.3. The van der Waals surface area contributed by atoms with Crippen LogP contribution in [0.5, 0.6) is 0 Å². The molecule has 1 aromatic carbocycles. The molecule has 1 aliphatic rings. The Bertz CT molecular complexity index is 383. The smallest absolute Gasteiger partial charge is 0.0594 e. The van der Waals surface area contributed by atoms with Gasteiger partial charge in [0.15, 0.2) is 0 Å². The lowest BCUT2D eigenvalue weighted by Gasteiger charge is -2.26. The zero-order chi connectivity index (χ0) is 12.8. The van der Waals surface area contributed by atoms with Crippen LogP contribution in [0.15, 0.2) is 22.7 Å². The number of rotatable bonds is 5. The van der Waals surface area contributed by atoms with Gasteiger partial charge in [0, 0.05) is 37.2 Å². The maximum absolute atomic E-state index is 5.96. The van der Waals surface area contributed by atoms with Crippen molar-refractivity contribution in [3.8, 4) is 0 Å². The van der Waals surface area contributed by atoms with Gasteiger partial charge in [-0.2, -0.15) is 0 Å². The lowest BCUT2D eigenvalue weighted by Crippen LogP contribution is -2.40. The minimum Gasteiger partial charge on any atom is -0.379 e. The van der Waals surface area contributed by atoms with E-state index in [9.17, 15) is 0 Å². The lowest BCUT2D eigenvalue weighted by atomic mass is 10.2. The fourth-order valence-electron chi connectivity index (χ4n) is 1.94. The van der Waals surface area contributed by atoms with Crippen LogP contribution in [0.2, 0.25) is 5.02 Å². The topological polar surface area (TPSA) is 24.5 Å². The van der Waals surface area contributed by atoms with Crippen LogP contribution in [0.3, 0.4) is 0 Å². The normalized spacial score (nSPS) is 17.0. The molecular weight excluding hydrogens is 316 g/mol. The van der Waals surface area contributed by atoms with Crippen molar-refractivity contribution in [1.82, 2.24) is 10.2 Å². The number of hydrogen-bond donors (Lipinski definition) is 1. The molecule has 1 aromatic rings. The molecule has 0 aliphatic carbocycles. The average molecular weight is 334 g/mol. The molecule has 5 heteroatoms. The van der Waals surface area contributed by atoms with Gasteiger partial charge < -0.3 is 10.1 Å². The van der Waals surface area contributed by atoms with E-state index < -0.39 is 0 Å². The molecule has 0 radical (unpaired) electrons. The molecule has 0 bridgehead atoms. The van der Waals surface area contributed by atoms with Crippen molar-refractivity contribution in [2.45, 2.75) is 6.54 Å². The summed E-state index contributed by atoms with van der Waals surface area (Å²) >= 11 is 9.39. The first-order valence-electron chi connectivity index (χ1n) is 6.20. The predicted molar refractivity (Wildman–Crippen MR) is 78.1 cm³/mol. The van der Waals surface area contributed by atoms with E-state index in [2.05, 4.69) is 38.3 Å². The number of morpholine rings is 1. The van der Waals surface area contributed by atoms with Crippen molar-refractivity contribution in [2.75, 3.05) is 39.4 Å². The maximum Gasteiger partial charge on any atom is 0.0594 e. The standard InChI is InChI=1S/C13H18BrClN2O/c14-12-9-11(1-2-13(12)15)10-16-3-4-17-5-7-18-8-6-17/h1-2,9,16H,3-8,10H2. The van der Waals surface area contributed by atoms with Gasteiger partial charge in [0.05, 0.1) is 18.2 Å². The molecule has 1 aliphatic heterocycles. The molecule has 1 heterocycles. The van der Waals surface area contributed by atoms with Gasteiger partial charge in [0.25, 0.3) is 0 Å². The maximum atomic E-state index is 5.96. The summed E-state index contributed by atoms with van der Waals surface area (Å²) in [6.45, 7) is 6.79. The molecule has 0 saturated carbocycles. The first-order valence-corrected chi connectivity index (χ1v) is 7.37. The fourth-order valence-corrected chi connectivity index (χ4v) is 2.49. The Morgan fingerprint density at radius 3 is 2.83 bits per heavy atom. The van der Waals surface area contributed by atoms with Gasteiger partial charge in [-0.25, -0.2) is 0 Å². The van der Waals surface area contributed by atoms with Gasteiger partial charge in [0.2, 0.25) is 0 Å². The molecule has 0 amide bonds. The third kappa shape index (κ3) is 4.52. The van der Waals surface area contributed by atoms with Crippen molar-refractivity contribution in [1.29, 1.82) is 0 Å². The van der Waals surface area contributed by atoms with E-state index in [-0.39, 0.29) is 0 Å². The summed E-state index contributed by atoms with van der Waals surface area (Å²) in [5.41, 5.74) is 1.24. The molecular formula is C13H18BrClN2O. The highest BCUT2D eigenvalue weighted by atomic mass is 79.9. The molecule has 0 aromatic heterocycles. The second-order valence-electron chi connectivity index (χ2n) is 4.38. The summed E-state index contributed by atoms with van der Waals surface area (Å²) in [6.07, 6.45) is 0. The van der Waals surface area contributed by atoms with Crippen LogP contribution in [-0.4, -0.2) is 44.3 Å². The van der Waals surface area contributed by atoms with Crippen molar-refractivity contribution in [3.05, 3.63) is 33.3 Å². The van der Waals surface area contributed by atoms with Crippen molar-refractivity contribution >= 4 is 27.5 Å². The lowest BCUT2D eigenvalue weighted by molar-refractivity contribution is 0.0384. The average Bonchev–Trinajstić information content (AvgIpc) is 2.40. The summed E-state index contributed by atoms with van der Waals surface area (Å²) in [6, 6.07) is 6.03.